The Morgan fingerprint density at radius 3 is 2.52 bits per heavy atom. The summed E-state index contributed by atoms with van der Waals surface area (Å²) in [5.41, 5.74) is 9.89. The lowest BCUT2D eigenvalue weighted by Gasteiger charge is -2.19. The molecule has 29 heavy (non-hydrogen) atoms. The highest BCUT2D eigenvalue weighted by Crippen LogP contribution is 2.41. The van der Waals surface area contributed by atoms with Crippen LogP contribution >= 0.6 is 0 Å². The first-order valence-corrected chi connectivity index (χ1v) is 9.42. The second-order valence-electron chi connectivity index (χ2n) is 8.07. The van der Waals surface area contributed by atoms with Gasteiger partial charge in [-0.25, -0.2) is 9.97 Å². The van der Waals surface area contributed by atoms with Gasteiger partial charge in [-0.3, -0.25) is 14.2 Å². The van der Waals surface area contributed by atoms with Gasteiger partial charge in [0.1, 0.15) is 0 Å². The molecule has 3 aromatic rings. The maximum atomic E-state index is 13.3. The number of rotatable bonds is 2. The number of fused-ring (bicyclic) bond motifs is 1. The largest absolute Gasteiger partial charge is 0.368 e. The van der Waals surface area contributed by atoms with Crippen LogP contribution in [0.4, 0.5) is 11.6 Å². The van der Waals surface area contributed by atoms with Crippen LogP contribution in [0.5, 0.6) is 0 Å². The molecule has 0 bridgehead atoms. The number of anilines is 2. The van der Waals surface area contributed by atoms with E-state index in [0.29, 0.717) is 23.4 Å². The van der Waals surface area contributed by atoms with Gasteiger partial charge in [0, 0.05) is 48.7 Å². The van der Waals surface area contributed by atoms with Crippen molar-refractivity contribution in [1.82, 2.24) is 14.5 Å². The highest BCUT2D eigenvalue weighted by atomic mass is 16.2. The lowest BCUT2D eigenvalue weighted by atomic mass is 9.87. The number of nitrogens with two attached hydrogens (primary N) is 1. The van der Waals surface area contributed by atoms with Crippen LogP contribution in [-0.4, -0.2) is 27.0 Å². The van der Waals surface area contributed by atoms with Crippen molar-refractivity contribution in [3.63, 3.8) is 0 Å². The summed E-state index contributed by atoms with van der Waals surface area (Å²) < 4.78 is 1.59. The van der Waals surface area contributed by atoms with Crippen molar-refractivity contribution in [2.24, 2.45) is 0 Å². The molecule has 0 saturated heterocycles. The van der Waals surface area contributed by atoms with Crippen LogP contribution < -0.4 is 16.2 Å². The molecule has 0 atom stereocenters. The lowest BCUT2D eigenvalue weighted by Crippen LogP contribution is -2.32. The molecule has 1 aliphatic heterocycles. The number of amides is 1. The summed E-state index contributed by atoms with van der Waals surface area (Å²) in [4.78, 5) is 35.3. The van der Waals surface area contributed by atoms with Crippen molar-refractivity contribution < 1.29 is 4.79 Å². The van der Waals surface area contributed by atoms with E-state index in [4.69, 9.17) is 5.73 Å². The molecular weight excluding hydrogens is 366 g/mol. The van der Waals surface area contributed by atoms with Gasteiger partial charge in [-0.05, 0) is 36.2 Å². The van der Waals surface area contributed by atoms with Gasteiger partial charge in [-0.15, -0.1) is 0 Å². The summed E-state index contributed by atoms with van der Waals surface area (Å²) in [7, 11) is 0. The summed E-state index contributed by atoms with van der Waals surface area (Å²) >= 11 is 0. The minimum absolute atomic E-state index is 0.00931. The van der Waals surface area contributed by atoms with Crippen molar-refractivity contribution in [3.05, 3.63) is 64.3 Å². The molecule has 2 aromatic heterocycles. The smallest absolute Gasteiger partial charge is 0.263 e. The van der Waals surface area contributed by atoms with E-state index in [1.54, 1.807) is 35.0 Å². The molecule has 7 heteroatoms. The van der Waals surface area contributed by atoms with E-state index in [1.807, 2.05) is 31.2 Å². The van der Waals surface area contributed by atoms with Gasteiger partial charge in [0.25, 0.3) is 5.56 Å². The number of benzene rings is 1. The number of carbonyl (C=O) groups excluding carboxylic acids is 1. The monoisotopic (exact) mass is 389 g/mol. The van der Waals surface area contributed by atoms with E-state index in [1.165, 1.54) is 0 Å². The van der Waals surface area contributed by atoms with E-state index < -0.39 is 0 Å². The minimum Gasteiger partial charge on any atom is -0.368 e. The fourth-order valence-corrected chi connectivity index (χ4v) is 3.96. The number of carbonyl (C=O) groups is 1. The zero-order chi connectivity index (χ0) is 20.9. The highest BCUT2D eigenvalue weighted by molar-refractivity contribution is 5.95. The summed E-state index contributed by atoms with van der Waals surface area (Å²) in [5, 5.41) is 0. The molecule has 0 radical (unpaired) electrons. The maximum absolute atomic E-state index is 13.3. The van der Waals surface area contributed by atoms with Gasteiger partial charge in [0.2, 0.25) is 11.9 Å². The zero-order valence-electron chi connectivity index (χ0n) is 16.9. The van der Waals surface area contributed by atoms with Crippen LogP contribution in [0.15, 0.2) is 47.7 Å². The molecule has 1 aromatic carbocycles. The second-order valence-corrected chi connectivity index (χ2v) is 8.07. The Morgan fingerprint density at radius 1 is 1.17 bits per heavy atom. The molecule has 1 amide bonds. The highest BCUT2D eigenvalue weighted by Gasteiger charge is 2.37. The fraction of sp³-hybridized carbons (Fsp3) is 0.273. The topological polar surface area (TPSA) is 94.1 Å². The molecule has 0 unspecified atom stereocenters. The first-order chi connectivity index (χ1) is 13.7. The van der Waals surface area contributed by atoms with Crippen molar-refractivity contribution in [1.29, 1.82) is 0 Å². The van der Waals surface area contributed by atoms with Crippen LogP contribution in [-0.2, 0) is 10.2 Å². The minimum atomic E-state index is -0.176. The third-order valence-electron chi connectivity index (χ3n) is 5.47. The molecule has 4 rings (SSSR count). The van der Waals surface area contributed by atoms with E-state index in [-0.39, 0.29) is 22.8 Å². The van der Waals surface area contributed by atoms with Crippen LogP contribution in [0.2, 0.25) is 0 Å². The van der Waals surface area contributed by atoms with E-state index >= 15 is 0 Å². The Balaban J connectivity index is 1.88. The Kier molecular flexibility index (Phi) is 4.26. The van der Waals surface area contributed by atoms with Crippen molar-refractivity contribution in [2.45, 2.75) is 33.1 Å². The third-order valence-corrected chi connectivity index (χ3v) is 5.47. The second kappa shape index (κ2) is 6.55. The molecule has 3 heterocycles. The normalized spacial score (nSPS) is 14.7. The molecule has 1 aliphatic rings. The number of hydrogen-bond acceptors (Lipinski definition) is 5. The van der Waals surface area contributed by atoms with Crippen LogP contribution in [0.3, 0.4) is 0 Å². The Bertz CT molecular complexity index is 1180. The first kappa shape index (κ1) is 18.9. The van der Waals surface area contributed by atoms with E-state index in [2.05, 4.69) is 23.8 Å². The predicted molar refractivity (Wildman–Crippen MR) is 113 cm³/mol. The predicted octanol–water partition coefficient (Wildman–Crippen LogP) is 2.83. The summed E-state index contributed by atoms with van der Waals surface area (Å²) in [5.74, 6) is 0.151. The van der Waals surface area contributed by atoms with Gasteiger partial charge in [0.05, 0.1) is 11.3 Å². The Hall–Kier alpha value is -3.48. The molecule has 148 valence electrons. The molecular formula is C22H23N5O2. The molecule has 0 spiro atoms. The summed E-state index contributed by atoms with van der Waals surface area (Å²) in [6.45, 7) is 8.30. The van der Waals surface area contributed by atoms with Crippen molar-refractivity contribution >= 4 is 17.5 Å². The lowest BCUT2D eigenvalue weighted by molar-refractivity contribution is -0.116. The molecule has 0 aliphatic carbocycles. The van der Waals surface area contributed by atoms with Gasteiger partial charge >= 0.3 is 0 Å². The number of nitrogen functional groups attached to an aromatic ring is 1. The molecule has 0 saturated carbocycles. The van der Waals surface area contributed by atoms with Gasteiger partial charge in [-0.2, -0.15) is 0 Å². The standard InChI is InChI=1S/C22H23N5O2/c1-13-7-8-26(20(29)19(13)15-10-24-21(23)25-11-15)16-5-6-17-18(9-16)27(14(2)28)12-22(17,3)4/h5-11H,12H2,1-4H3,(H2,23,24,25). The first-order valence-electron chi connectivity index (χ1n) is 9.42. The fourth-order valence-electron chi connectivity index (χ4n) is 3.96. The van der Waals surface area contributed by atoms with Crippen LogP contribution in [0.25, 0.3) is 16.8 Å². The van der Waals surface area contributed by atoms with E-state index in [9.17, 15) is 9.59 Å². The molecule has 2 N–H and O–H groups in total. The Morgan fingerprint density at radius 2 is 1.86 bits per heavy atom. The SMILES string of the molecule is CC(=O)N1CC(C)(C)c2ccc(-n3ccc(C)c(-c4cnc(N)nc4)c3=O)cc21. The number of pyridine rings is 1. The maximum Gasteiger partial charge on any atom is 0.263 e. The van der Waals surface area contributed by atoms with Crippen molar-refractivity contribution in [2.75, 3.05) is 17.2 Å². The third kappa shape index (κ3) is 3.08. The number of aryl methyl sites for hydroxylation is 1. The average Bonchev–Trinajstić information content (AvgIpc) is 2.94. The van der Waals surface area contributed by atoms with Gasteiger partial charge in [0.15, 0.2) is 0 Å². The number of aromatic nitrogens is 3. The van der Waals surface area contributed by atoms with Crippen molar-refractivity contribution in [3.8, 4) is 16.8 Å². The average molecular weight is 389 g/mol. The molecule has 7 nitrogen and oxygen atoms in total. The Labute approximate surface area is 168 Å². The van der Waals surface area contributed by atoms with Gasteiger partial charge < -0.3 is 10.6 Å². The number of hydrogen-bond donors (Lipinski definition) is 1. The van der Waals surface area contributed by atoms with E-state index in [0.717, 1.165) is 16.8 Å². The summed E-state index contributed by atoms with van der Waals surface area (Å²) in [6.07, 6.45) is 4.86. The van der Waals surface area contributed by atoms with Crippen LogP contribution in [0.1, 0.15) is 31.9 Å². The zero-order valence-corrected chi connectivity index (χ0v) is 16.9. The number of nitrogens with zero attached hydrogens (tertiary/aromatic N) is 4. The quantitative estimate of drug-likeness (QED) is 0.727. The molecule has 0 fully saturated rings. The summed E-state index contributed by atoms with van der Waals surface area (Å²) in [6, 6.07) is 7.72. The van der Waals surface area contributed by atoms with Crippen LogP contribution in [0, 0.1) is 6.92 Å². The van der Waals surface area contributed by atoms with Gasteiger partial charge in [-0.1, -0.05) is 19.9 Å².